The van der Waals surface area contributed by atoms with Crippen molar-refractivity contribution in [2.75, 3.05) is 6.61 Å². The zero-order chi connectivity index (χ0) is 23.0. The van der Waals surface area contributed by atoms with Crippen LogP contribution < -0.4 is 10.1 Å². The van der Waals surface area contributed by atoms with Gasteiger partial charge in [0, 0.05) is 24.8 Å². The van der Waals surface area contributed by atoms with E-state index >= 15 is 0 Å². The summed E-state index contributed by atoms with van der Waals surface area (Å²) in [4.78, 5) is 21.5. The molecule has 31 heavy (non-hydrogen) atoms. The number of alkyl halides is 3. The molecule has 2 aromatic heterocycles. The zero-order valence-corrected chi connectivity index (χ0v) is 18.3. The van der Waals surface area contributed by atoms with Crippen molar-refractivity contribution in [2.45, 2.75) is 71.5 Å². The van der Waals surface area contributed by atoms with Crippen LogP contribution in [0.15, 0.2) is 16.8 Å². The number of hydrogen-bond donors (Lipinski definition) is 1. The molecule has 0 unspecified atom stereocenters. The van der Waals surface area contributed by atoms with E-state index in [1.165, 1.54) is 12.3 Å². The fraction of sp³-hybridized carbons (Fsp3) is 0.619. The highest BCUT2D eigenvalue weighted by atomic mass is 19.4. The van der Waals surface area contributed by atoms with E-state index in [-0.39, 0.29) is 22.8 Å². The van der Waals surface area contributed by atoms with Gasteiger partial charge in [0.1, 0.15) is 17.0 Å². The van der Waals surface area contributed by atoms with E-state index in [0.29, 0.717) is 23.7 Å². The first-order valence-corrected chi connectivity index (χ1v) is 10.1. The number of rotatable bonds is 7. The molecule has 1 aliphatic carbocycles. The Morgan fingerprint density at radius 2 is 1.94 bits per heavy atom. The lowest BCUT2D eigenvalue weighted by atomic mass is 9.80. The Balaban J connectivity index is 1.87. The molecular weight excluding hydrogens is 413 g/mol. The van der Waals surface area contributed by atoms with Crippen molar-refractivity contribution in [2.24, 2.45) is 5.41 Å². The smallest absolute Gasteiger partial charge is 0.422 e. The van der Waals surface area contributed by atoms with E-state index in [4.69, 9.17) is 9.26 Å². The van der Waals surface area contributed by atoms with Gasteiger partial charge in [0.05, 0.1) is 0 Å². The summed E-state index contributed by atoms with van der Waals surface area (Å²) in [6.07, 6.45) is -0.846. The lowest BCUT2D eigenvalue weighted by Crippen LogP contribution is -2.47. The minimum atomic E-state index is -4.48. The van der Waals surface area contributed by atoms with Crippen LogP contribution in [-0.2, 0) is 5.54 Å². The number of aryl methyl sites for hydroxylation is 1. The van der Waals surface area contributed by atoms with Gasteiger partial charge in [0.15, 0.2) is 12.4 Å². The largest absolute Gasteiger partial charge is 0.484 e. The first kappa shape index (κ1) is 23.0. The topological polar surface area (TPSA) is 90.1 Å². The van der Waals surface area contributed by atoms with Crippen LogP contribution in [0.4, 0.5) is 13.2 Å². The molecule has 1 N–H and O–H groups in total. The number of pyridine rings is 1. The third-order valence-corrected chi connectivity index (χ3v) is 4.83. The van der Waals surface area contributed by atoms with E-state index < -0.39 is 24.2 Å². The third-order valence-electron chi connectivity index (χ3n) is 4.83. The van der Waals surface area contributed by atoms with Gasteiger partial charge in [0.25, 0.3) is 5.91 Å². The number of ether oxygens (including phenoxy) is 1. The van der Waals surface area contributed by atoms with Crippen LogP contribution in [-0.4, -0.2) is 33.8 Å². The van der Waals surface area contributed by atoms with Gasteiger partial charge in [-0.05, 0) is 37.5 Å². The summed E-state index contributed by atoms with van der Waals surface area (Å²) in [5.74, 6) is 0.262. The molecule has 1 aliphatic rings. The highest BCUT2D eigenvalue weighted by Gasteiger charge is 2.38. The van der Waals surface area contributed by atoms with E-state index in [1.54, 1.807) is 13.8 Å². The van der Waals surface area contributed by atoms with Crippen LogP contribution in [0.25, 0.3) is 0 Å². The van der Waals surface area contributed by atoms with Crippen LogP contribution in [0.2, 0.25) is 0 Å². The number of amides is 1. The van der Waals surface area contributed by atoms with Crippen molar-refractivity contribution < 1.29 is 27.2 Å². The number of nitrogens with one attached hydrogen (secondary N) is 1. The summed E-state index contributed by atoms with van der Waals surface area (Å²) >= 11 is 0. The molecule has 0 spiro atoms. The molecule has 1 atom stereocenters. The van der Waals surface area contributed by atoms with Gasteiger partial charge in [-0.2, -0.15) is 18.2 Å². The van der Waals surface area contributed by atoms with E-state index in [9.17, 15) is 18.0 Å². The lowest BCUT2D eigenvalue weighted by Gasteiger charge is -2.34. The van der Waals surface area contributed by atoms with Gasteiger partial charge in [-0.1, -0.05) is 25.9 Å². The monoisotopic (exact) mass is 440 g/mol. The molecule has 3 rings (SSSR count). The van der Waals surface area contributed by atoms with Crippen molar-refractivity contribution in [1.82, 2.24) is 20.4 Å². The van der Waals surface area contributed by atoms with Gasteiger partial charge < -0.3 is 14.6 Å². The van der Waals surface area contributed by atoms with Crippen molar-refractivity contribution >= 4 is 5.91 Å². The molecule has 170 valence electrons. The summed E-state index contributed by atoms with van der Waals surface area (Å²) < 4.78 is 48.1. The van der Waals surface area contributed by atoms with Crippen LogP contribution in [0.1, 0.15) is 80.6 Å². The number of halogens is 3. The molecule has 2 heterocycles. The first-order chi connectivity index (χ1) is 14.3. The van der Waals surface area contributed by atoms with E-state index in [2.05, 4.69) is 20.4 Å². The van der Waals surface area contributed by atoms with Crippen molar-refractivity contribution in [3.05, 3.63) is 35.2 Å². The molecule has 1 saturated carbocycles. The number of nitrogens with zero attached hydrogens (tertiary/aromatic N) is 3. The van der Waals surface area contributed by atoms with Gasteiger partial charge in [-0.25, -0.2) is 0 Å². The number of aromatic nitrogens is 3. The van der Waals surface area contributed by atoms with Gasteiger partial charge in [-0.3, -0.25) is 9.78 Å². The van der Waals surface area contributed by atoms with Crippen LogP contribution in [0.5, 0.6) is 5.75 Å². The summed E-state index contributed by atoms with van der Waals surface area (Å²) in [5, 5.41) is 6.86. The maximum absolute atomic E-state index is 13.0. The Hall–Kier alpha value is -2.65. The average Bonchev–Trinajstić information content (AvgIpc) is 3.37. The average molecular weight is 440 g/mol. The molecule has 0 bridgehead atoms. The molecular formula is C21H27F3N4O3. The van der Waals surface area contributed by atoms with Crippen LogP contribution in [0, 0.1) is 12.3 Å². The second kappa shape index (κ2) is 8.12. The SMILES string of the molecule is Cc1nc([C@](C)(CC(C)(C)C)NC(=O)c2cc(OCC(F)(F)F)c(C3CC3)cn2)no1. The molecule has 7 nitrogen and oxygen atoms in total. The van der Waals surface area contributed by atoms with Crippen molar-refractivity contribution in [3.8, 4) is 5.75 Å². The lowest BCUT2D eigenvalue weighted by molar-refractivity contribution is -0.153. The fourth-order valence-electron chi connectivity index (χ4n) is 3.63. The first-order valence-electron chi connectivity index (χ1n) is 10.1. The van der Waals surface area contributed by atoms with E-state index in [0.717, 1.165) is 12.8 Å². The maximum atomic E-state index is 13.0. The molecule has 1 amide bonds. The van der Waals surface area contributed by atoms with Crippen molar-refractivity contribution in [3.63, 3.8) is 0 Å². The second-order valence-corrected chi connectivity index (χ2v) is 9.45. The fourth-order valence-corrected chi connectivity index (χ4v) is 3.63. The quantitative estimate of drug-likeness (QED) is 0.673. The molecule has 0 saturated heterocycles. The Morgan fingerprint density at radius 1 is 1.26 bits per heavy atom. The third kappa shape index (κ3) is 6.18. The Kier molecular flexibility index (Phi) is 6.03. The standard InChI is InChI=1S/C21H27F3N4O3/c1-12-26-18(28-31-12)20(5,10-19(2,3)4)27-17(29)15-8-16(30-11-21(22,23)24)14(9-25-15)13-6-7-13/h8-9,13H,6-7,10-11H2,1-5H3,(H,27,29)/t20-/m0/s1. The number of hydrogen-bond acceptors (Lipinski definition) is 6. The molecule has 0 aromatic carbocycles. The molecule has 2 aromatic rings. The summed E-state index contributed by atoms with van der Waals surface area (Å²) in [5.41, 5.74) is -0.619. The van der Waals surface area contributed by atoms with E-state index in [1.807, 2.05) is 20.8 Å². The summed E-state index contributed by atoms with van der Waals surface area (Å²) in [6, 6.07) is 1.27. The molecule has 0 aliphatic heterocycles. The predicted octanol–water partition coefficient (Wildman–Crippen LogP) is 4.67. The number of carbonyl (C=O) groups is 1. The Bertz CT molecular complexity index is 948. The molecule has 10 heteroatoms. The van der Waals surface area contributed by atoms with Gasteiger partial charge in [-0.15, -0.1) is 0 Å². The highest BCUT2D eigenvalue weighted by molar-refractivity contribution is 5.93. The second-order valence-electron chi connectivity index (χ2n) is 9.45. The van der Waals surface area contributed by atoms with Gasteiger partial charge in [0.2, 0.25) is 5.89 Å². The Morgan fingerprint density at radius 3 is 2.45 bits per heavy atom. The predicted molar refractivity (Wildman–Crippen MR) is 106 cm³/mol. The minimum absolute atomic E-state index is 0.0351. The number of carbonyl (C=O) groups excluding carboxylic acids is 1. The normalized spacial score (nSPS) is 16.6. The van der Waals surface area contributed by atoms with Crippen LogP contribution in [0.3, 0.4) is 0 Å². The summed E-state index contributed by atoms with van der Waals surface area (Å²) in [7, 11) is 0. The summed E-state index contributed by atoms with van der Waals surface area (Å²) in [6.45, 7) is 8.03. The molecule has 1 fully saturated rings. The Labute approximate surface area is 178 Å². The maximum Gasteiger partial charge on any atom is 0.422 e. The van der Waals surface area contributed by atoms with Crippen LogP contribution >= 0.6 is 0 Å². The highest BCUT2D eigenvalue weighted by Crippen LogP contribution is 2.44. The minimum Gasteiger partial charge on any atom is -0.484 e. The zero-order valence-electron chi connectivity index (χ0n) is 18.3. The van der Waals surface area contributed by atoms with Gasteiger partial charge >= 0.3 is 6.18 Å². The molecule has 0 radical (unpaired) electrons. The van der Waals surface area contributed by atoms with Crippen molar-refractivity contribution in [1.29, 1.82) is 0 Å².